The highest BCUT2D eigenvalue weighted by atomic mass is 35.5. The number of carboxylic acid groups (broad SMARTS) is 1. The van der Waals surface area contributed by atoms with E-state index in [9.17, 15) is 55.0 Å². The number of unbranched alkanes of at least 4 members (excludes halogenated alkanes) is 2. The summed E-state index contributed by atoms with van der Waals surface area (Å²) < 4.78 is 110. The fraction of sp³-hybridized carbons (Fsp3) is 0.467. The molecule has 5 aliphatic rings. The number of ether oxygens (including phenoxy) is 2. The zero-order valence-electron chi connectivity index (χ0n) is 56.8. The number of likely N-dealkylation sites (N-methyl/N-ethyl adjacent to an activating group) is 2. The van der Waals surface area contributed by atoms with Crippen molar-refractivity contribution in [1.29, 1.82) is 0 Å². The van der Waals surface area contributed by atoms with Crippen LogP contribution in [-0.4, -0.2) is 176 Å². The first kappa shape index (κ1) is 81.6. The van der Waals surface area contributed by atoms with E-state index >= 15 is 0 Å². The Balaban J connectivity index is 0.00000358. The smallest absolute Gasteiger partial charge is 0.416 e. The molecule has 1 spiro atoms. The molecule has 0 radical (unpaired) electrons. The number of likely N-dealkylation sites (tertiary alicyclic amines) is 2. The maximum atomic E-state index is 14.3. The second-order valence-corrected chi connectivity index (χ2v) is 26.8. The number of rotatable bonds is 25. The minimum Gasteiger partial charge on any atom is -0.465 e. The molecule has 6 aromatic carbocycles. The van der Waals surface area contributed by atoms with E-state index in [1.54, 1.807) is 9.80 Å². The average molecular weight is 1490 g/mol. The first-order valence-corrected chi connectivity index (χ1v) is 33.9. The lowest BCUT2D eigenvalue weighted by molar-refractivity contribution is -0.143. The number of carbonyl (C=O) groups excluding carboxylic acids is 3. The molecule has 4 heterocycles. The summed E-state index contributed by atoms with van der Waals surface area (Å²) in [4.78, 5) is 66.5. The highest BCUT2D eigenvalue weighted by Gasteiger charge is 2.50. The van der Waals surface area contributed by atoms with Crippen LogP contribution in [0.4, 0.5) is 46.9 Å². The number of nitrogens with one attached hydrogen (secondary N) is 1. The Morgan fingerprint density at radius 3 is 2.00 bits per heavy atom. The molecule has 6 aromatic rings. The van der Waals surface area contributed by atoms with Crippen LogP contribution in [0.1, 0.15) is 114 Å². The van der Waals surface area contributed by atoms with Crippen molar-refractivity contribution < 1.29 is 64.5 Å². The van der Waals surface area contributed by atoms with Crippen molar-refractivity contribution in [2.24, 2.45) is 0 Å². The number of alkyl halides is 6. The summed E-state index contributed by atoms with van der Waals surface area (Å²) in [5.41, 5.74) is 3.62. The third-order valence-corrected chi connectivity index (χ3v) is 20.6. The molecule has 15 nitrogen and oxygen atoms in total. The lowest BCUT2D eigenvalue weighted by Crippen LogP contribution is -2.50. The molecule has 11 rings (SSSR count). The van der Waals surface area contributed by atoms with Crippen LogP contribution < -0.4 is 10.2 Å². The van der Waals surface area contributed by atoms with Gasteiger partial charge in [0, 0.05) is 114 Å². The number of hydrogen-bond acceptors (Lipinski definition) is 10. The summed E-state index contributed by atoms with van der Waals surface area (Å²) in [6.45, 7) is 7.95. The minimum absolute atomic E-state index is 0. The van der Waals surface area contributed by atoms with Gasteiger partial charge in [-0.2, -0.15) is 26.3 Å². The van der Waals surface area contributed by atoms with E-state index in [4.69, 9.17) is 9.47 Å². The summed E-state index contributed by atoms with van der Waals surface area (Å²) in [6.07, 6.45) is -2.74. The number of fused-ring (bicyclic) bond motifs is 3. The molecule has 0 saturated carbocycles. The van der Waals surface area contributed by atoms with Gasteiger partial charge in [-0.05, 0) is 159 Å². The van der Waals surface area contributed by atoms with Crippen LogP contribution in [0.5, 0.6) is 0 Å². The van der Waals surface area contributed by atoms with Gasteiger partial charge in [-0.25, -0.2) is 9.18 Å². The van der Waals surface area contributed by atoms with Crippen molar-refractivity contribution in [3.05, 3.63) is 190 Å². The summed E-state index contributed by atoms with van der Waals surface area (Å²) in [6, 6.07) is 38.6. The number of carbonyl (C=O) groups is 4. The molecule has 2 atom stereocenters. The standard InChI is InChI=1S/C75H87F7N8O7.4ClH/c1-84(34-13-35-88-36-27-54-46-62(26-21-56(54)49-88)83-33-12-4-7-20-68(91)85(2)42-43-86-37-28-63(29-38-86)90(71(94)95)66-19-11-9-17-64(66)53-14-5-3-6-15-53)69(92)50-96-67-47-55-16-8-10-18-65(55)72(67)30-39-87(40-31-72)41-32-73(58-22-24-61(76)25-23-58)51-89(52-97-73)70(93)57-44-59(74(77,78)79)48-60(45-57)75(80,81)82;;;;/h3,5-6,8-11,14-19,21-26,44-46,48,63,67,83H,4,7,12-13,20,27-43,47,49-52H2,1-2H3,(H,94,95);4*1H/t67-,73+;;;;/m0..../s1. The van der Waals surface area contributed by atoms with E-state index in [1.807, 2.05) is 85.7 Å². The van der Waals surface area contributed by atoms with Gasteiger partial charge < -0.3 is 44.4 Å². The van der Waals surface area contributed by atoms with Crippen molar-refractivity contribution in [2.75, 3.05) is 116 Å². The van der Waals surface area contributed by atoms with Crippen LogP contribution in [0.15, 0.2) is 140 Å². The minimum atomic E-state index is -5.14. The molecule has 3 fully saturated rings. The largest absolute Gasteiger partial charge is 0.465 e. The second kappa shape index (κ2) is 36.1. The average Bonchev–Trinajstić information content (AvgIpc) is 1.60. The van der Waals surface area contributed by atoms with Crippen molar-refractivity contribution in [3.63, 3.8) is 0 Å². The van der Waals surface area contributed by atoms with Gasteiger partial charge in [0.2, 0.25) is 11.8 Å². The van der Waals surface area contributed by atoms with Crippen LogP contribution in [0.2, 0.25) is 0 Å². The lowest BCUT2D eigenvalue weighted by atomic mass is 9.72. The third-order valence-electron chi connectivity index (χ3n) is 20.6. The molecule has 26 heteroatoms. The van der Waals surface area contributed by atoms with Gasteiger partial charge in [0.15, 0.2) is 0 Å². The van der Waals surface area contributed by atoms with Gasteiger partial charge in [0.25, 0.3) is 5.91 Å². The summed E-state index contributed by atoms with van der Waals surface area (Å²) in [5.74, 6) is -1.53. The number of anilines is 2. The number of para-hydroxylation sites is 1. The van der Waals surface area contributed by atoms with Gasteiger partial charge in [0.1, 0.15) is 24.8 Å². The first-order chi connectivity index (χ1) is 46.6. The van der Waals surface area contributed by atoms with E-state index in [0.717, 1.165) is 112 Å². The van der Waals surface area contributed by atoms with Gasteiger partial charge >= 0.3 is 18.4 Å². The normalized spacial score (nSPS) is 18.4. The SMILES string of the molecule is CN(CCN1CCC(N(C(=O)O)c2ccccc2-c2ccccc2)CC1)C(=O)CCCCCNc1ccc2c(c1)CCN(CCCN(C)C(=O)CO[C@H]1Cc3ccccc3C13CCN(CC[C@]1(c4ccc(F)cc4)CN(C(=O)c4cc(C(F)(F)F)cc(C(F)(F)F)c4)CO1)CC3)C2.Cl.Cl.Cl.Cl. The molecule has 3 saturated heterocycles. The highest BCUT2D eigenvalue weighted by Crippen LogP contribution is 2.49. The fourth-order valence-corrected chi connectivity index (χ4v) is 15.0. The van der Waals surface area contributed by atoms with E-state index in [-0.39, 0.29) is 105 Å². The van der Waals surface area contributed by atoms with E-state index in [1.165, 1.54) is 46.5 Å². The van der Waals surface area contributed by atoms with Gasteiger partial charge in [-0.3, -0.25) is 24.2 Å². The van der Waals surface area contributed by atoms with Crippen LogP contribution in [-0.2, 0) is 61.8 Å². The molecule has 2 N–H and O–H groups in total. The number of hydrogen-bond donors (Lipinski definition) is 2. The molecule has 0 aromatic heterocycles. The zero-order valence-corrected chi connectivity index (χ0v) is 60.1. The van der Waals surface area contributed by atoms with E-state index in [0.29, 0.717) is 81.8 Å². The molecular formula is C75H91Cl4F7N8O7. The Morgan fingerprint density at radius 2 is 1.31 bits per heavy atom. The molecule has 4 amide bonds. The molecule has 1 aliphatic carbocycles. The van der Waals surface area contributed by atoms with Crippen LogP contribution in [0.3, 0.4) is 0 Å². The second-order valence-electron chi connectivity index (χ2n) is 26.8. The zero-order chi connectivity index (χ0) is 68.5. The third kappa shape index (κ3) is 20.0. The predicted molar refractivity (Wildman–Crippen MR) is 386 cm³/mol. The predicted octanol–water partition coefficient (Wildman–Crippen LogP) is 14.9. The number of piperidine rings is 2. The molecule has 0 bridgehead atoms. The van der Waals surface area contributed by atoms with Gasteiger partial charge in [-0.15, -0.1) is 49.6 Å². The number of benzene rings is 6. The number of nitrogens with zero attached hydrogens (tertiary/aromatic N) is 7. The first-order valence-electron chi connectivity index (χ1n) is 33.9. The summed E-state index contributed by atoms with van der Waals surface area (Å²) in [5, 5.41) is 14.0. The Labute approximate surface area is 611 Å². The molecular weight excluding hydrogens is 1400 g/mol. The topological polar surface area (TPSA) is 142 Å². The van der Waals surface area contributed by atoms with Crippen LogP contribution in [0.25, 0.3) is 11.1 Å². The van der Waals surface area contributed by atoms with Gasteiger partial charge in [-0.1, -0.05) is 97.4 Å². The maximum Gasteiger partial charge on any atom is 0.416 e. The van der Waals surface area contributed by atoms with E-state index in [2.05, 4.69) is 50.3 Å². The Kier molecular flexibility index (Phi) is 29.2. The summed E-state index contributed by atoms with van der Waals surface area (Å²) in [7, 11) is 3.69. The van der Waals surface area contributed by atoms with Crippen LogP contribution >= 0.6 is 49.6 Å². The van der Waals surface area contributed by atoms with Crippen molar-refractivity contribution in [2.45, 2.75) is 119 Å². The maximum absolute atomic E-state index is 14.3. The van der Waals surface area contributed by atoms with Gasteiger partial charge in [0.05, 0.1) is 29.5 Å². The van der Waals surface area contributed by atoms with Crippen molar-refractivity contribution in [3.8, 4) is 11.1 Å². The van der Waals surface area contributed by atoms with Crippen LogP contribution in [0, 0.1) is 5.82 Å². The molecule has 550 valence electrons. The fourth-order valence-electron chi connectivity index (χ4n) is 15.0. The lowest BCUT2D eigenvalue weighted by Gasteiger charge is -2.44. The molecule has 101 heavy (non-hydrogen) atoms. The molecule has 0 unspecified atom stereocenters. The Bertz CT molecular complexity index is 3690. The van der Waals surface area contributed by atoms with Crippen molar-refractivity contribution in [1.82, 2.24) is 29.4 Å². The number of halogens is 11. The number of amides is 4. The quantitative estimate of drug-likeness (QED) is 0.0418. The van der Waals surface area contributed by atoms with E-state index < -0.39 is 59.2 Å². The monoisotopic (exact) mass is 1490 g/mol. The Hall–Kier alpha value is -6.73. The Morgan fingerprint density at radius 1 is 0.653 bits per heavy atom. The summed E-state index contributed by atoms with van der Waals surface area (Å²) >= 11 is 0. The van der Waals surface area contributed by atoms with Crippen molar-refractivity contribution >= 4 is 84.8 Å². The highest BCUT2D eigenvalue weighted by molar-refractivity contribution is 5.95. The molecule has 4 aliphatic heterocycles.